The molecule has 3 aromatic heterocycles. The topological polar surface area (TPSA) is 96.5 Å². The van der Waals surface area contributed by atoms with Gasteiger partial charge < -0.3 is 9.88 Å². The number of hydrogen-bond acceptors (Lipinski definition) is 7. The molecule has 3 heterocycles. The predicted molar refractivity (Wildman–Crippen MR) is 161 cm³/mol. The molecule has 200 valence electrons. The minimum atomic E-state index is -0.152. The van der Waals surface area contributed by atoms with Gasteiger partial charge in [0.05, 0.1) is 22.5 Å². The third-order valence-electron chi connectivity index (χ3n) is 7.23. The lowest BCUT2D eigenvalue weighted by atomic mass is 9.97. The molecular formula is C31H28N6OS2. The fourth-order valence-electron chi connectivity index (χ4n) is 5.21. The molecule has 9 heteroatoms. The number of pyridine rings is 1. The summed E-state index contributed by atoms with van der Waals surface area (Å²) in [4.78, 5) is 19.1. The van der Waals surface area contributed by atoms with Crippen LogP contribution in [0.25, 0.3) is 33.5 Å². The van der Waals surface area contributed by atoms with Crippen molar-refractivity contribution in [3.8, 4) is 28.7 Å². The molecule has 1 aliphatic rings. The average Bonchev–Trinajstić information content (AvgIpc) is 3.49. The number of anilines is 1. The SMILES string of the molecule is Cn1c(SCC(=O)Nc2sc3c(c2C#N)CCCCCC3)nnc1-c1cc(-c2ccccc2)nc2ccccc12. The van der Waals surface area contributed by atoms with Crippen LogP contribution in [0.4, 0.5) is 5.00 Å². The van der Waals surface area contributed by atoms with Gasteiger partial charge in [0.1, 0.15) is 11.1 Å². The van der Waals surface area contributed by atoms with Crippen LogP contribution in [0.3, 0.4) is 0 Å². The molecule has 2 aromatic carbocycles. The molecule has 0 radical (unpaired) electrons. The quantitative estimate of drug-likeness (QED) is 0.223. The molecule has 1 amide bonds. The Labute approximate surface area is 241 Å². The number of amides is 1. The Hall–Kier alpha value is -4.00. The number of thiophene rings is 1. The first-order chi connectivity index (χ1) is 19.6. The van der Waals surface area contributed by atoms with E-state index in [2.05, 4.69) is 27.6 Å². The Morgan fingerprint density at radius 3 is 2.65 bits per heavy atom. The van der Waals surface area contributed by atoms with E-state index in [4.69, 9.17) is 4.98 Å². The smallest absolute Gasteiger partial charge is 0.235 e. The Morgan fingerprint density at radius 1 is 1.05 bits per heavy atom. The van der Waals surface area contributed by atoms with Gasteiger partial charge in [-0.3, -0.25) is 4.79 Å². The number of nitrogens with zero attached hydrogens (tertiary/aromatic N) is 5. The zero-order valence-corrected chi connectivity index (χ0v) is 23.8. The van der Waals surface area contributed by atoms with E-state index in [1.54, 1.807) is 11.3 Å². The number of nitriles is 1. The highest BCUT2D eigenvalue weighted by Crippen LogP contribution is 2.37. The maximum Gasteiger partial charge on any atom is 0.235 e. The number of rotatable bonds is 6. The van der Waals surface area contributed by atoms with E-state index in [0.717, 1.165) is 59.0 Å². The molecule has 0 atom stereocenters. The molecule has 5 aromatic rings. The minimum Gasteiger partial charge on any atom is -0.316 e. The van der Waals surface area contributed by atoms with Crippen LogP contribution in [-0.2, 0) is 24.7 Å². The van der Waals surface area contributed by atoms with E-state index >= 15 is 0 Å². The standard InChI is InChI=1S/C31H28N6OS2/c1-37-29(23-17-26(20-11-5-4-6-12-20)33-25-15-10-9-13-21(23)25)35-36-31(37)39-19-28(38)34-30-24(18-32)22-14-7-2-3-8-16-27(22)40-30/h4-6,9-13,15,17H,2-3,7-8,14,16,19H2,1H3,(H,34,38). The molecule has 1 N–H and O–H groups in total. The van der Waals surface area contributed by atoms with Gasteiger partial charge in [0, 0.05) is 28.4 Å². The highest BCUT2D eigenvalue weighted by Gasteiger charge is 2.21. The van der Waals surface area contributed by atoms with Gasteiger partial charge in [0.15, 0.2) is 11.0 Å². The first kappa shape index (κ1) is 26.2. The van der Waals surface area contributed by atoms with Crippen molar-refractivity contribution in [2.45, 2.75) is 43.7 Å². The van der Waals surface area contributed by atoms with Crippen molar-refractivity contribution in [2.75, 3.05) is 11.1 Å². The average molecular weight is 565 g/mol. The van der Waals surface area contributed by atoms with E-state index in [-0.39, 0.29) is 11.7 Å². The second kappa shape index (κ2) is 11.6. The van der Waals surface area contributed by atoms with Crippen LogP contribution in [0.2, 0.25) is 0 Å². The third kappa shape index (κ3) is 5.25. The van der Waals surface area contributed by atoms with E-state index in [1.165, 1.54) is 29.5 Å². The van der Waals surface area contributed by atoms with Crippen LogP contribution < -0.4 is 5.32 Å². The second-order valence-corrected chi connectivity index (χ2v) is 11.9. The van der Waals surface area contributed by atoms with Gasteiger partial charge in [-0.25, -0.2) is 4.98 Å². The molecule has 6 rings (SSSR count). The first-order valence-electron chi connectivity index (χ1n) is 13.4. The first-order valence-corrected chi connectivity index (χ1v) is 15.2. The van der Waals surface area contributed by atoms with Crippen molar-refractivity contribution in [3.05, 3.63) is 76.7 Å². The van der Waals surface area contributed by atoms with E-state index in [1.807, 2.05) is 66.2 Å². The van der Waals surface area contributed by atoms with Gasteiger partial charge in [-0.2, -0.15) is 5.26 Å². The molecular weight excluding hydrogens is 537 g/mol. The zero-order valence-electron chi connectivity index (χ0n) is 22.2. The van der Waals surface area contributed by atoms with E-state index < -0.39 is 0 Å². The van der Waals surface area contributed by atoms with Crippen LogP contribution in [-0.4, -0.2) is 31.4 Å². The molecule has 40 heavy (non-hydrogen) atoms. The van der Waals surface area contributed by atoms with Crippen LogP contribution in [0.1, 0.15) is 41.7 Å². The molecule has 0 bridgehead atoms. The Balaban J connectivity index is 1.23. The van der Waals surface area contributed by atoms with Crippen molar-refractivity contribution >= 4 is 44.9 Å². The number of para-hydroxylation sites is 1. The number of benzene rings is 2. The summed E-state index contributed by atoms with van der Waals surface area (Å²) in [6.45, 7) is 0. The summed E-state index contributed by atoms with van der Waals surface area (Å²) < 4.78 is 1.92. The summed E-state index contributed by atoms with van der Waals surface area (Å²) in [6.07, 6.45) is 6.54. The normalized spacial score (nSPS) is 13.3. The van der Waals surface area contributed by atoms with Crippen LogP contribution >= 0.6 is 23.1 Å². The van der Waals surface area contributed by atoms with E-state index in [9.17, 15) is 10.1 Å². The van der Waals surface area contributed by atoms with Gasteiger partial charge in [0.25, 0.3) is 0 Å². The zero-order chi connectivity index (χ0) is 27.5. The lowest BCUT2D eigenvalue weighted by molar-refractivity contribution is -0.113. The molecule has 7 nitrogen and oxygen atoms in total. The summed E-state index contributed by atoms with van der Waals surface area (Å²) in [5, 5.41) is 24.1. The van der Waals surface area contributed by atoms with Crippen molar-refractivity contribution in [2.24, 2.45) is 7.05 Å². The highest BCUT2D eigenvalue weighted by atomic mass is 32.2. The lowest BCUT2D eigenvalue weighted by Crippen LogP contribution is -2.14. The molecule has 0 aliphatic heterocycles. The second-order valence-electron chi connectivity index (χ2n) is 9.87. The maximum atomic E-state index is 13.0. The molecule has 0 saturated heterocycles. The summed E-state index contributed by atoms with van der Waals surface area (Å²) in [5.41, 5.74) is 5.48. The lowest BCUT2D eigenvalue weighted by Gasteiger charge is -2.10. The number of nitrogens with one attached hydrogen (secondary N) is 1. The Bertz CT molecular complexity index is 1730. The van der Waals surface area contributed by atoms with Gasteiger partial charge >= 0.3 is 0 Å². The summed E-state index contributed by atoms with van der Waals surface area (Å²) in [5.74, 6) is 0.732. The van der Waals surface area contributed by atoms with Crippen molar-refractivity contribution < 1.29 is 4.79 Å². The molecule has 0 fully saturated rings. The highest BCUT2D eigenvalue weighted by molar-refractivity contribution is 7.99. The number of hydrogen-bond donors (Lipinski definition) is 1. The Kier molecular flexibility index (Phi) is 7.62. The molecule has 0 spiro atoms. The summed E-state index contributed by atoms with van der Waals surface area (Å²) in [6, 6.07) is 22.5. The largest absolute Gasteiger partial charge is 0.316 e. The molecule has 1 aliphatic carbocycles. The summed E-state index contributed by atoms with van der Waals surface area (Å²) >= 11 is 2.90. The van der Waals surface area contributed by atoms with Gasteiger partial charge in [-0.05, 0) is 43.4 Å². The third-order valence-corrected chi connectivity index (χ3v) is 9.46. The number of fused-ring (bicyclic) bond motifs is 2. The number of thioether (sulfide) groups is 1. The minimum absolute atomic E-state index is 0.152. The van der Waals surface area contributed by atoms with Gasteiger partial charge in [-0.1, -0.05) is 73.1 Å². The van der Waals surface area contributed by atoms with Crippen molar-refractivity contribution in [1.82, 2.24) is 19.7 Å². The predicted octanol–water partition coefficient (Wildman–Crippen LogP) is 7.02. The summed E-state index contributed by atoms with van der Waals surface area (Å²) in [7, 11) is 1.92. The van der Waals surface area contributed by atoms with Gasteiger partial charge in [0.2, 0.25) is 5.91 Å². The number of aryl methyl sites for hydroxylation is 1. The van der Waals surface area contributed by atoms with E-state index in [0.29, 0.717) is 21.5 Å². The number of aromatic nitrogens is 4. The fourth-order valence-corrected chi connectivity index (χ4v) is 7.18. The monoisotopic (exact) mass is 564 g/mol. The number of carbonyl (C=O) groups excluding carboxylic acids is 1. The maximum absolute atomic E-state index is 13.0. The molecule has 0 saturated carbocycles. The van der Waals surface area contributed by atoms with Crippen molar-refractivity contribution in [3.63, 3.8) is 0 Å². The van der Waals surface area contributed by atoms with Crippen molar-refractivity contribution in [1.29, 1.82) is 5.26 Å². The van der Waals surface area contributed by atoms with Gasteiger partial charge in [-0.15, -0.1) is 21.5 Å². The Morgan fingerprint density at radius 2 is 1.82 bits per heavy atom. The molecule has 0 unspecified atom stereocenters. The van der Waals surface area contributed by atoms with Crippen LogP contribution in [0.5, 0.6) is 0 Å². The number of carbonyl (C=O) groups is 1. The van der Waals surface area contributed by atoms with Crippen LogP contribution in [0.15, 0.2) is 65.8 Å². The fraction of sp³-hybridized carbons (Fsp3) is 0.258. The van der Waals surface area contributed by atoms with Crippen LogP contribution in [0, 0.1) is 11.3 Å².